The molecule has 0 radical (unpaired) electrons. The minimum absolute atomic E-state index is 0.0306. The summed E-state index contributed by atoms with van der Waals surface area (Å²) in [6, 6.07) is 13.7. The predicted molar refractivity (Wildman–Crippen MR) is 221 cm³/mol. The van der Waals surface area contributed by atoms with Gasteiger partial charge in [-0.2, -0.15) is 0 Å². The van der Waals surface area contributed by atoms with Crippen LogP contribution in [0, 0.1) is 24.2 Å². The van der Waals surface area contributed by atoms with Crippen molar-refractivity contribution in [3.8, 4) is 22.8 Å². The number of methoxy groups -OCH3 is 1. The number of nitrogens with zero attached hydrogens (tertiary/aromatic N) is 3. The van der Waals surface area contributed by atoms with Gasteiger partial charge in [-0.1, -0.05) is 57.2 Å². The number of piperidine rings is 1. The molecule has 2 aliphatic carbocycles. The Labute approximate surface area is 349 Å². The van der Waals surface area contributed by atoms with Crippen LogP contribution in [0.1, 0.15) is 71.3 Å². The van der Waals surface area contributed by atoms with Crippen molar-refractivity contribution in [1.29, 1.82) is 0 Å². The standard InChI is InChI=1S/C44H53F2N5O8S/c1-7-28-23-44(28,41(55)49-60(56,57)30-14-15-30)48-39(53)34-20-29(24-51(34)40(54)32(42(3,4)5)21-37(52)50-19-11-18-43(45,46)25-50)59-36-22-33(27-12-9-8-10-13-27)47-38-26(2)35(58-6)17-16-31(36)38/h7-10,12-13,16-17,22,28-30,32,34H,1,11,14-15,18-21,23-25H2,2-6H3,(H,48,53)(H,49,55)/t28-,29-,32-,34+,44?/m1/s1. The number of aromatic nitrogens is 1. The Morgan fingerprint density at radius 2 is 1.80 bits per heavy atom. The van der Waals surface area contributed by atoms with E-state index in [0.717, 1.165) is 16.0 Å². The van der Waals surface area contributed by atoms with E-state index in [1.165, 1.54) is 11.0 Å². The topological polar surface area (TPSA) is 164 Å². The first-order valence-corrected chi connectivity index (χ1v) is 22.0. The molecule has 4 aliphatic rings. The SMILES string of the molecule is C=C[C@@H]1CC1(NC(=O)[C@@H]1C[C@@H](Oc2cc(-c3ccccc3)nc3c(C)c(OC)ccc23)CN1C(=O)[C@@H](CC(=O)N1CCCC(F)(F)C1)C(C)(C)C)C(=O)NS(=O)(=O)C1CC1. The van der Waals surface area contributed by atoms with E-state index in [0.29, 0.717) is 40.9 Å². The third-order valence-electron chi connectivity index (χ3n) is 12.3. The third-order valence-corrected chi connectivity index (χ3v) is 14.1. The van der Waals surface area contributed by atoms with E-state index in [1.807, 2.05) is 43.3 Å². The first kappa shape index (κ1) is 43.0. The lowest BCUT2D eigenvalue weighted by Crippen LogP contribution is -2.57. The van der Waals surface area contributed by atoms with Crippen molar-refractivity contribution in [3.63, 3.8) is 0 Å². The number of ether oxygens (including phenoxy) is 2. The Hall–Kier alpha value is -5.12. The molecule has 2 saturated heterocycles. The van der Waals surface area contributed by atoms with Crippen LogP contribution < -0.4 is 19.5 Å². The number of benzene rings is 2. The molecule has 5 atom stereocenters. The van der Waals surface area contributed by atoms with Gasteiger partial charge >= 0.3 is 0 Å². The van der Waals surface area contributed by atoms with Gasteiger partial charge in [0.05, 0.1) is 42.6 Å². The Balaban J connectivity index is 1.23. The number of pyridine rings is 1. The van der Waals surface area contributed by atoms with Crippen LogP contribution >= 0.6 is 0 Å². The van der Waals surface area contributed by atoms with Gasteiger partial charge in [-0.25, -0.2) is 22.2 Å². The minimum Gasteiger partial charge on any atom is -0.496 e. The number of nitrogens with one attached hydrogen (secondary N) is 2. The van der Waals surface area contributed by atoms with E-state index in [-0.39, 0.29) is 45.2 Å². The lowest BCUT2D eigenvalue weighted by atomic mass is 9.77. The monoisotopic (exact) mass is 849 g/mol. The molecule has 0 bridgehead atoms. The van der Waals surface area contributed by atoms with Crippen LogP contribution in [-0.4, -0.2) is 102 Å². The molecule has 2 aliphatic heterocycles. The second-order valence-electron chi connectivity index (χ2n) is 17.7. The van der Waals surface area contributed by atoms with E-state index in [1.54, 1.807) is 40.0 Å². The maximum Gasteiger partial charge on any atom is 0.265 e. The summed E-state index contributed by atoms with van der Waals surface area (Å²) < 4.78 is 69.0. The number of rotatable bonds is 13. The number of carbonyl (C=O) groups excluding carboxylic acids is 4. The van der Waals surface area contributed by atoms with Crippen LogP contribution in [0.4, 0.5) is 8.78 Å². The van der Waals surface area contributed by atoms with Crippen molar-refractivity contribution in [1.82, 2.24) is 24.8 Å². The molecule has 2 saturated carbocycles. The van der Waals surface area contributed by atoms with E-state index in [2.05, 4.69) is 16.6 Å². The number of sulfonamides is 1. The van der Waals surface area contributed by atoms with Gasteiger partial charge in [0.2, 0.25) is 27.7 Å². The normalized spacial score (nSPS) is 24.4. The molecular weight excluding hydrogens is 797 g/mol. The first-order valence-electron chi connectivity index (χ1n) is 20.4. The van der Waals surface area contributed by atoms with Gasteiger partial charge < -0.3 is 24.6 Å². The van der Waals surface area contributed by atoms with Gasteiger partial charge in [-0.05, 0) is 50.2 Å². The van der Waals surface area contributed by atoms with Gasteiger partial charge in [0.15, 0.2) is 0 Å². The maximum absolute atomic E-state index is 14.9. The summed E-state index contributed by atoms with van der Waals surface area (Å²) in [6.45, 7) is 10.3. The van der Waals surface area contributed by atoms with E-state index < -0.39 is 86.3 Å². The second kappa shape index (κ2) is 16.1. The van der Waals surface area contributed by atoms with Gasteiger partial charge in [0.25, 0.3) is 11.8 Å². The van der Waals surface area contributed by atoms with Crippen LogP contribution in [0.5, 0.6) is 11.5 Å². The van der Waals surface area contributed by atoms with Gasteiger partial charge in [-0.3, -0.25) is 23.9 Å². The van der Waals surface area contributed by atoms with Crippen molar-refractivity contribution in [2.75, 3.05) is 26.7 Å². The second-order valence-corrected chi connectivity index (χ2v) is 19.7. The lowest BCUT2D eigenvalue weighted by molar-refractivity contribution is -0.151. The minimum atomic E-state index is -3.95. The highest BCUT2D eigenvalue weighted by Gasteiger charge is 2.62. The van der Waals surface area contributed by atoms with Crippen molar-refractivity contribution in [2.45, 2.75) is 101 Å². The molecule has 13 nitrogen and oxygen atoms in total. The van der Waals surface area contributed by atoms with Gasteiger partial charge in [0, 0.05) is 54.3 Å². The molecule has 7 rings (SSSR count). The number of halogens is 2. The van der Waals surface area contributed by atoms with Crippen molar-refractivity contribution < 1.29 is 45.9 Å². The zero-order chi connectivity index (χ0) is 43.4. The largest absolute Gasteiger partial charge is 0.496 e. The summed E-state index contributed by atoms with van der Waals surface area (Å²) in [5.41, 5.74) is 0.369. The van der Waals surface area contributed by atoms with Crippen molar-refractivity contribution in [3.05, 3.63) is 66.7 Å². The zero-order valence-corrected chi connectivity index (χ0v) is 35.4. The summed E-state index contributed by atoms with van der Waals surface area (Å²) in [7, 11) is -2.38. The third kappa shape index (κ3) is 8.70. The lowest BCUT2D eigenvalue weighted by Gasteiger charge is -2.37. The number of aryl methyl sites for hydroxylation is 1. The molecule has 0 spiro atoms. The van der Waals surface area contributed by atoms with E-state index in [9.17, 15) is 36.4 Å². The predicted octanol–water partition coefficient (Wildman–Crippen LogP) is 5.55. The summed E-state index contributed by atoms with van der Waals surface area (Å²) >= 11 is 0. The van der Waals surface area contributed by atoms with Crippen LogP contribution in [0.3, 0.4) is 0 Å². The van der Waals surface area contributed by atoms with Crippen LogP contribution in [-0.2, 0) is 29.2 Å². The molecule has 3 heterocycles. The summed E-state index contributed by atoms with van der Waals surface area (Å²) in [5, 5.41) is 2.78. The Morgan fingerprint density at radius 3 is 2.42 bits per heavy atom. The zero-order valence-electron chi connectivity index (χ0n) is 34.6. The molecule has 2 N–H and O–H groups in total. The van der Waals surface area contributed by atoms with E-state index >= 15 is 0 Å². The molecule has 4 fully saturated rings. The fourth-order valence-corrected chi connectivity index (χ4v) is 9.84. The fourth-order valence-electron chi connectivity index (χ4n) is 8.47. The summed E-state index contributed by atoms with van der Waals surface area (Å²) in [5.74, 6) is -6.31. The van der Waals surface area contributed by atoms with Crippen molar-refractivity contribution in [2.24, 2.45) is 17.3 Å². The van der Waals surface area contributed by atoms with Crippen LogP contribution in [0.2, 0.25) is 0 Å². The first-order chi connectivity index (χ1) is 28.3. The molecule has 322 valence electrons. The average molecular weight is 850 g/mol. The molecular formula is C44H53F2N5O8S. The number of likely N-dealkylation sites (tertiary alicyclic amines) is 2. The van der Waals surface area contributed by atoms with Gasteiger partial charge in [0.1, 0.15) is 29.2 Å². The number of amides is 4. The Bertz CT molecular complexity index is 2320. The Kier molecular flexibility index (Phi) is 11.5. The molecule has 60 heavy (non-hydrogen) atoms. The van der Waals surface area contributed by atoms with Crippen LogP contribution in [0.25, 0.3) is 22.2 Å². The van der Waals surface area contributed by atoms with Crippen molar-refractivity contribution >= 4 is 44.6 Å². The number of hydrogen-bond donors (Lipinski definition) is 2. The summed E-state index contributed by atoms with van der Waals surface area (Å²) in [6.07, 6.45) is 1.06. The smallest absolute Gasteiger partial charge is 0.265 e. The van der Waals surface area contributed by atoms with Crippen LogP contribution in [0.15, 0.2) is 61.2 Å². The maximum atomic E-state index is 14.9. The Morgan fingerprint density at radius 1 is 1.08 bits per heavy atom. The molecule has 3 aromatic rings. The fraction of sp³-hybridized carbons (Fsp3) is 0.523. The number of alkyl halides is 2. The number of fused-ring (bicyclic) bond motifs is 1. The highest BCUT2D eigenvalue weighted by Crippen LogP contribution is 2.46. The van der Waals surface area contributed by atoms with E-state index in [4.69, 9.17) is 14.5 Å². The molecule has 2 aromatic carbocycles. The molecule has 4 amide bonds. The highest BCUT2D eigenvalue weighted by atomic mass is 32.2. The summed E-state index contributed by atoms with van der Waals surface area (Å²) in [4.78, 5) is 64.2. The number of hydrogen-bond acceptors (Lipinski definition) is 9. The highest BCUT2D eigenvalue weighted by molar-refractivity contribution is 7.91. The molecule has 1 unspecified atom stereocenters. The van der Waals surface area contributed by atoms with Gasteiger partial charge in [-0.15, -0.1) is 6.58 Å². The molecule has 1 aromatic heterocycles. The number of carbonyl (C=O) groups is 4. The quantitative estimate of drug-likeness (QED) is 0.210. The molecule has 16 heteroatoms. The average Bonchev–Trinajstić information content (AvgIpc) is 4.13.